The zero-order valence-electron chi connectivity index (χ0n) is 18.4. The molecular weight excluding hydrogens is 386 g/mol. The molecule has 0 saturated carbocycles. The van der Waals surface area contributed by atoms with Gasteiger partial charge in [0.05, 0.1) is 13.7 Å². The molecule has 1 N–H and O–H groups in total. The lowest BCUT2D eigenvalue weighted by molar-refractivity contribution is 0.0196. The topological polar surface area (TPSA) is 50.5 Å². The number of aromatic nitrogens is 2. The molecule has 5 nitrogen and oxygen atoms in total. The lowest BCUT2D eigenvalue weighted by atomic mass is 9.76. The summed E-state index contributed by atoms with van der Waals surface area (Å²) >= 11 is 0. The number of likely N-dealkylation sites (tertiary alicyclic amines) is 1. The molecule has 0 bridgehead atoms. The highest BCUT2D eigenvalue weighted by Crippen LogP contribution is 2.35. The van der Waals surface area contributed by atoms with Crippen LogP contribution in [0.3, 0.4) is 0 Å². The Morgan fingerprint density at radius 2 is 1.90 bits per heavy atom. The van der Waals surface area contributed by atoms with E-state index in [9.17, 15) is 5.11 Å². The third-order valence-electron chi connectivity index (χ3n) is 6.52. The van der Waals surface area contributed by atoms with Crippen LogP contribution in [0.5, 0.6) is 5.75 Å². The maximum atomic E-state index is 10.3. The lowest BCUT2D eigenvalue weighted by Gasteiger charge is -2.42. The lowest BCUT2D eigenvalue weighted by Crippen LogP contribution is -2.45. The Kier molecular flexibility index (Phi) is 7.05. The number of benzene rings is 2. The number of aliphatic hydroxyl groups is 1. The van der Waals surface area contributed by atoms with Crippen molar-refractivity contribution >= 4 is 0 Å². The van der Waals surface area contributed by atoms with Gasteiger partial charge in [0, 0.05) is 36.6 Å². The summed E-state index contributed by atoms with van der Waals surface area (Å²) in [5, 5.41) is 10.3. The van der Waals surface area contributed by atoms with Crippen molar-refractivity contribution in [3.05, 3.63) is 78.4 Å². The van der Waals surface area contributed by atoms with Gasteiger partial charge in [0.1, 0.15) is 11.6 Å². The number of piperidine rings is 1. The second-order valence-electron chi connectivity index (χ2n) is 8.72. The van der Waals surface area contributed by atoms with Gasteiger partial charge >= 0.3 is 0 Å². The maximum Gasteiger partial charge on any atom is 0.127 e. The van der Waals surface area contributed by atoms with Gasteiger partial charge in [-0.1, -0.05) is 30.3 Å². The third kappa shape index (κ3) is 5.35. The van der Waals surface area contributed by atoms with Crippen LogP contribution in [0.1, 0.15) is 37.1 Å². The van der Waals surface area contributed by atoms with E-state index in [1.165, 1.54) is 5.56 Å². The highest BCUT2D eigenvalue weighted by Gasteiger charge is 2.34. The predicted molar refractivity (Wildman–Crippen MR) is 124 cm³/mol. The molecule has 5 heteroatoms. The van der Waals surface area contributed by atoms with E-state index in [0.717, 1.165) is 69.0 Å². The van der Waals surface area contributed by atoms with Crippen molar-refractivity contribution in [1.29, 1.82) is 0 Å². The van der Waals surface area contributed by atoms with Crippen LogP contribution in [0.25, 0.3) is 5.69 Å². The largest absolute Gasteiger partial charge is 0.497 e. The van der Waals surface area contributed by atoms with Crippen LogP contribution in [0.2, 0.25) is 0 Å². The van der Waals surface area contributed by atoms with Gasteiger partial charge in [-0.15, -0.1) is 0 Å². The van der Waals surface area contributed by atoms with Crippen LogP contribution in [0.15, 0.2) is 67.0 Å². The molecule has 1 unspecified atom stereocenters. The molecule has 1 aliphatic heterocycles. The maximum absolute atomic E-state index is 10.3. The van der Waals surface area contributed by atoms with Gasteiger partial charge in [-0.05, 0) is 68.5 Å². The molecule has 2 aromatic carbocycles. The van der Waals surface area contributed by atoms with E-state index in [4.69, 9.17) is 4.74 Å². The van der Waals surface area contributed by atoms with Crippen LogP contribution < -0.4 is 4.74 Å². The average Bonchev–Trinajstić information content (AvgIpc) is 3.28. The number of nitrogens with zero attached hydrogens (tertiary/aromatic N) is 3. The van der Waals surface area contributed by atoms with Gasteiger partial charge in [0.15, 0.2) is 0 Å². The first-order valence-electron chi connectivity index (χ1n) is 11.3. The van der Waals surface area contributed by atoms with Crippen LogP contribution in [0, 0.1) is 5.41 Å². The first-order valence-corrected chi connectivity index (χ1v) is 11.3. The number of hydrogen-bond donors (Lipinski definition) is 1. The highest BCUT2D eigenvalue weighted by atomic mass is 16.5. The van der Waals surface area contributed by atoms with Crippen LogP contribution in [-0.4, -0.2) is 46.4 Å². The zero-order valence-corrected chi connectivity index (χ0v) is 18.4. The molecule has 1 aliphatic rings. The summed E-state index contributed by atoms with van der Waals surface area (Å²) < 4.78 is 7.42. The van der Waals surface area contributed by atoms with E-state index < -0.39 is 0 Å². The number of aliphatic hydroxyl groups excluding tert-OH is 1. The molecule has 0 aliphatic carbocycles. The highest BCUT2D eigenvalue weighted by molar-refractivity contribution is 5.38. The summed E-state index contributed by atoms with van der Waals surface area (Å²) in [7, 11) is 1.68. The van der Waals surface area contributed by atoms with Gasteiger partial charge in [0.25, 0.3) is 0 Å². The molecule has 1 saturated heterocycles. The van der Waals surface area contributed by atoms with Crippen molar-refractivity contribution in [2.45, 2.75) is 38.6 Å². The minimum Gasteiger partial charge on any atom is -0.497 e. The van der Waals surface area contributed by atoms with Crippen LogP contribution in [0.4, 0.5) is 0 Å². The van der Waals surface area contributed by atoms with E-state index in [2.05, 4.69) is 56.9 Å². The Morgan fingerprint density at radius 1 is 1.10 bits per heavy atom. The van der Waals surface area contributed by atoms with E-state index >= 15 is 0 Å². The molecule has 2 heterocycles. The van der Waals surface area contributed by atoms with Crippen LogP contribution >= 0.6 is 0 Å². The number of hydrogen-bond acceptors (Lipinski definition) is 4. The van der Waals surface area contributed by atoms with Crippen molar-refractivity contribution < 1.29 is 9.84 Å². The summed E-state index contributed by atoms with van der Waals surface area (Å²) in [6.45, 7) is 3.02. The fourth-order valence-electron chi connectivity index (χ4n) is 4.80. The molecule has 1 fully saturated rings. The fraction of sp³-hybridized carbons (Fsp3) is 0.423. The van der Waals surface area contributed by atoms with E-state index in [0.29, 0.717) is 0 Å². The number of rotatable bonds is 9. The van der Waals surface area contributed by atoms with E-state index in [-0.39, 0.29) is 12.0 Å². The monoisotopic (exact) mass is 419 g/mol. The SMILES string of the molecule is COc1ccc(-n2ccnc2CN2CCCC(CO)(CCCc3ccccc3)C2)cc1. The summed E-state index contributed by atoms with van der Waals surface area (Å²) in [6, 6.07) is 18.7. The smallest absolute Gasteiger partial charge is 0.127 e. The molecule has 1 atom stereocenters. The first kappa shape index (κ1) is 21.6. The summed E-state index contributed by atoms with van der Waals surface area (Å²) in [5.41, 5.74) is 2.45. The minimum absolute atomic E-state index is 0.00936. The quantitative estimate of drug-likeness (QED) is 0.556. The molecule has 164 valence electrons. The number of imidazole rings is 1. The second kappa shape index (κ2) is 10.1. The standard InChI is InChI=1S/C26H33N3O2/c1-31-24-12-10-23(11-13-24)29-18-16-27-25(29)19-28-17-6-15-26(20-28,21-30)14-5-9-22-7-3-2-4-8-22/h2-4,7-8,10-13,16,18,30H,5-6,9,14-15,17,19-21H2,1H3. The summed E-state index contributed by atoms with van der Waals surface area (Å²) in [5.74, 6) is 1.88. The van der Waals surface area contributed by atoms with Crippen LogP contribution in [-0.2, 0) is 13.0 Å². The number of aryl methyl sites for hydroxylation is 1. The number of methoxy groups -OCH3 is 1. The van der Waals surface area contributed by atoms with Gasteiger partial charge < -0.3 is 14.4 Å². The normalized spacial score (nSPS) is 19.4. The van der Waals surface area contributed by atoms with Crippen molar-refractivity contribution in [2.24, 2.45) is 5.41 Å². The van der Waals surface area contributed by atoms with Gasteiger partial charge in [-0.25, -0.2) is 4.98 Å². The molecular formula is C26H33N3O2. The molecule has 4 rings (SSSR count). The molecule has 0 spiro atoms. The molecule has 0 radical (unpaired) electrons. The zero-order chi connectivity index (χ0) is 21.5. The van der Waals surface area contributed by atoms with Crippen molar-refractivity contribution in [1.82, 2.24) is 14.5 Å². The van der Waals surface area contributed by atoms with Crippen molar-refractivity contribution in [3.8, 4) is 11.4 Å². The third-order valence-corrected chi connectivity index (χ3v) is 6.52. The average molecular weight is 420 g/mol. The van der Waals surface area contributed by atoms with Gasteiger partial charge in [0.2, 0.25) is 0 Å². The predicted octanol–water partition coefficient (Wildman–Crippen LogP) is 4.48. The Balaban J connectivity index is 1.39. The van der Waals surface area contributed by atoms with Crippen molar-refractivity contribution in [2.75, 3.05) is 26.8 Å². The second-order valence-corrected chi connectivity index (χ2v) is 8.72. The fourth-order valence-corrected chi connectivity index (χ4v) is 4.80. The Bertz CT molecular complexity index is 939. The Morgan fingerprint density at radius 3 is 2.65 bits per heavy atom. The Labute approximate surface area is 185 Å². The van der Waals surface area contributed by atoms with Crippen molar-refractivity contribution in [3.63, 3.8) is 0 Å². The molecule has 1 aromatic heterocycles. The van der Waals surface area contributed by atoms with E-state index in [1.54, 1.807) is 7.11 Å². The van der Waals surface area contributed by atoms with E-state index in [1.807, 2.05) is 24.5 Å². The first-order chi connectivity index (χ1) is 15.2. The summed E-state index contributed by atoms with van der Waals surface area (Å²) in [6.07, 6.45) is 9.34. The molecule has 0 amide bonds. The minimum atomic E-state index is -0.00936. The summed E-state index contributed by atoms with van der Waals surface area (Å²) in [4.78, 5) is 7.10. The van der Waals surface area contributed by atoms with Gasteiger partial charge in [-0.3, -0.25) is 4.90 Å². The number of ether oxygens (including phenoxy) is 1. The Hall–Kier alpha value is -2.63. The molecule has 31 heavy (non-hydrogen) atoms. The molecule has 3 aromatic rings. The van der Waals surface area contributed by atoms with Gasteiger partial charge in [-0.2, -0.15) is 0 Å².